The highest BCUT2D eigenvalue weighted by molar-refractivity contribution is 6.30. The van der Waals surface area contributed by atoms with Crippen LogP contribution in [0.4, 0.5) is 15.8 Å². The largest absolute Gasteiger partial charge is 0.504 e. The Morgan fingerprint density at radius 1 is 1.09 bits per heavy atom. The molecule has 4 nitrogen and oxygen atoms in total. The molecule has 1 aromatic carbocycles. The molecule has 0 aliphatic rings. The van der Waals surface area contributed by atoms with Gasteiger partial charge in [0.2, 0.25) is 0 Å². The van der Waals surface area contributed by atoms with Crippen LogP contribution < -0.4 is 5.32 Å². The van der Waals surface area contributed by atoms with E-state index in [0.717, 1.165) is 5.69 Å². The van der Waals surface area contributed by atoms with Crippen LogP contribution in [0.25, 0.3) is 11.3 Å². The summed E-state index contributed by atoms with van der Waals surface area (Å²) in [6.07, 6.45) is 4.51. The number of nitrogens with one attached hydrogen (secondary N) is 1. The Morgan fingerprint density at radius 2 is 1.86 bits per heavy atom. The molecule has 3 rings (SSSR count). The standard InChI is InChI=1S/C16H11ClFN3O/c17-10-1-2-13(18)12(7-10)14-8-15(16(22)9-20-14)21-11-3-5-19-6-4-11/h1-9,22H,(H,19,20,21). The minimum atomic E-state index is -0.433. The maximum absolute atomic E-state index is 13.9. The minimum Gasteiger partial charge on any atom is -0.504 e. The lowest BCUT2D eigenvalue weighted by atomic mass is 10.1. The SMILES string of the molecule is Oc1cnc(-c2cc(Cl)ccc2F)cc1Nc1ccncc1. The summed E-state index contributed by atoms with van der Waals surface area (Å²) in [6, 6.07) is 9.30. The number of pyridine rings is 2. The first-order valence-electron chi connectivity index (χ1n) is 6.45. The Hall–Kier alpha value is -2.66. The summed E-state index contributed by atoms with van der Waals surface area (Å²) in [5.74, 6) is -0.472. The van der Waals surface area contributed by atoms with Crippen molar-refractivity contribution >= 4 is 23.0 Å². The van der Waals surface area contributed by atoms with Crippen LogP contribution >= 0.6 is 11.6 Å². The highest BCUT2D eigenvalue weighted by Gasteiger charge is 2.11. The van der Waals surface area contributed by atoms with Gasteiger partial charge >= 0.3 is 0 Å². The summed E-state index contributed by atoms with van der Waals surface area (Å²) in [5.41, 5.74) is 1.80. The third kappa shape index (κ3) is 2.99. The van der Waals surface area contributed by atoms with E-state index in [1.54, 1.807) is 30.6 Å². The number of rotatable bonds is 3. The van der Waals surface area contributed by atoms with Crippen molar-refractivity contribution in [3.8, 4) is 17.0 Å². The minimum absolute atomic E-state index is 0.0389. The molecule has 0 saturated carbocycles. The van der Waals surface area contributed by atoms with E-state index >= 15 is 0 Å². The number of hydrogen-bond donors (Lipinski definition) is 2. The molecule has 110 valence electrons. The summed E-state index contributed by atoms with van der Waals surface area (Å²) < 4.78 is 13.9. The van der Waals surface area contributed by atoms with E-state index in [0.29, 0.717) is 16.4 Å². The molecule has 3 aromatic rings. The van der Waals surface area contributed by atoms with E-state index in [4.69, 9.17) is 11.6 Å². The molecule has 0 unspecified atom stereocenters. The zero-order valence-electron chi connectivity index (χ0n) is 11.3. The molecule has 2 N–H and O–H groups in total. The molecule has 0 fully saturated rings. The van der Waals surface area contributed by atoms with Crippen molar-refractivity contribution in [3.63, 3.8) is 0 Å². The monoisotopic (exact) mass is 315 g/mol. The van der Waals surface area contributed by atoms with E-state index < -0.39 is 5.82 Å². The normalized spacial score (nSPS) is 10.5. The second kappa shape index (κ2) is 5.99. The molecule has 6 heteroatoms. The third-order valence-corrected chi connectivity index (χ3v) is 3.28. The Bertz CT molecular complexity index is 812. The molecule has 0 bridgehead atoms. The van der Waals surface area contributed by atoms with Crippen molar-refractivity contribution in [1.29, 1.82) is 0 Å². The average Bonchev–Trinajstić information content (AvgIpc) is 2.53. The van der Waals surface area contributed by atoms with Gasteiger partial charge in [-0.2, -0.15) is 0 Å². The number of anilines is 2. The van der Waals surface area contributed by atoms with Crippen molar-refractivity contribution in [2.24, 2.45) is 0 Å². The van der Waals surface area contributed by atoms with Crippen molar-refractivity contribution in [2.45, 2.75) is 0 Å². The van der Waals surface area contributed by atoms with Crippen molar-refractivity contribution < 1.29 is 9.50 Å². The summed E-state index contributed by atoms with van der Waals surface area (Å²) >= 11 is 5.90. The molecule has 2 heterocycles. The molecular formula is C16H11ClFN3O. The van der Waals surface area contributed by atoms with E-state index in [-0.39, 0.29) is 11.3 Å². The van der Waals surface area contributed by atoms with Crippen LogP contribution in [0.2, 0.25) is 5.02 Å². The Labute approximate surface area is 131 Å². The van der Waals surface area contributed by atoms with Crippen LogP contribution in [-0.2, 0) is 0 Å². The summed E-state index contributed by atoms with van der Waals surface area (Å²) in [5, 5.41) is 13.3. The van der Waals surface area contributed by atoms with Gasteiger partial charge in [0, 0.05) is 28.7 Å². The molecule has 0 atom stereocenters. The molecule has 0 radical (unpaired) electrons. The van der Waals surface area contributed by atoms with Crippen LogP contribution in [0, 0.1) is 5.82 Å². The molecule has 0 aliphatic carbocycles. The number of benzene rings is 1. The first kappa shape index (κ1) is 14.3. The van der Waals surface area contributed by atoms with Gasteiger partial charge in [-0.25, -0.2) is 4.39 Å². The van der Waals surface area contributed by atoms with E-state index in [2.05, 4.69) is 15.3 Å². The maximum atomic E-state index is 13.9. The Kier molecular flexibility index (Phi) is 3.89. The van der Waals surface area contributed by atoms with Crippen LogP contribution in [0.5, 0.6) is 5.75 Å². The highest BCUT2D eigenvalue weighted by Crippen LogP contribution is 2.32. The lowest BCUT2D eigenvalue weighted by Gasteiger charge is -2.10. The topological polar surface area (TPSA) is 58.0 Å². The van der Waals surface area contributed by atoms with E-state index in [9.17, 15) is 9.50 Å². The van der Waals surface area contributed by atoms with Gasteiger partial charge in [0.05, 0.1) is 17.6 Å². The number of halogens is 2. The second-order valence-electron chi connectivity index (χ2n) is 4.57. The van der Waals surface area contributed by atoms with Gasteiger partial charge in [-0.15, -0.1) is 0 Å². The smallest absolute Gasteiger partial charge is 0.157 e. The molecule has 2 aromatic heterocycles. The summed E-state index contributed by atoms with van der Waals surface area (Å²) in [4.78, 5) is 7.97. The predicted molar refractivity (Wildman–Crippen MR) is 83.8 cm³/mol. The van der Waals surface area contributed by atoms with Crippen LogP contribution in [-0.4, -0.2) is 15.1 Å². The molecular weight excluding hydrogens is 305 g/mol. The van der Waals surface area contributed by atoms with Crippen LogP contribution in [0.15, 0.2) is 55.0 Å². The van der Waals surface area contributed by atoms with Gasteiger partial charge in [0.15, 0.2) is 5.75 Å². The Balaban J connectivity index is 2.01. The van der Waals surface area contributed by atoms with Gasteiger partial charge in [0.1, 0.15) is 5.82 Å². The quantitative estimate of drug-likeness (QED) is 0.753. The third-order valence-electron chi connectivity index (χ3n) is 3.05. The summed E-state index contributed by atoms with van der Waals surface area (Å²) in [6.45, 7) is 0. The molecule has 0 spiro atoms. The van der Waals surface area contributed by atoms with Gasteiger partial charge in [0.25, 0.3) is 0 Å². The Morgan fingerprint density at radius 3 is 2.64 bits per heavy atom. The first-order valence-corrected chi connectivity index (χ1v) is 6.83. The summed E-state index contributed by atoms with van der Waals surface area (Å²) in [7, 11) is 0. The lowest BCUT2D eigenvalue weighted by molar-refractivity contribution is 0.475. The zero-order valence-corrected chi connectivity index (χ0v) is 12.0. The second-order valence-corrected chi connectivity index (χ2v) is 5.01. The number of hydrogen-bond acceptors (Lipinski definition) is 4. The van der Waals surface area contributed by atoms with Crippen molar-refractivity contribution in [1.82, 2.24) is 9.97 Å². The number of aromatic nitrogens is 2. The molecule has 22 heavy (non-hydrogen) atoms. The highest BCUT2D eigenvalue weighted by atomic mass is 35.5. The molecule has 0 saturated heterocycles. The van der Waals surface area contributed by atoms with Crippen LogP contribution in [0.1, 0.15) is 0 Å². The van der Waals surface area contributed by atoms with Crippen molar-refractivity contribution in [3.05, 3.63) is 65.8 Å². The fraction of sp³-hybridized carbons (Fsp3) is 0. The number of aromatic hydroxyl groups is 1. The van der Waals surface area contributed by atoms with Gasteiger partial charge < -0.3 is 10.4 Å². The molecule has 0 aliphatic heterocycles. The zero-order chi connectivity index (χ0) is 15.5. The van der Waals surface area contributed by atoms with E-state index in [1.165, 1.54) is 24.4 Å². The maximum Gasteiger partial charge on any atom is 0.157 e. The lowest BCUT2D eigenvalue weighted by Crippen LogP contribution is -1.94. The number of nitrogens with zero attached hydrogens (tertiary/aromatic N) is 2. The van der Waals surface area contributed by atoms with Crippen LogP contribution in [0.3, 0.4) is 0 Å². The fourth-order valence-corrected chi connectivity index (χ4v) is 2.15. The average molecular weight is 316 g/mol. The fourth-order valence-electron chi connectivity index (χ4n) is 1.98. The predicted octanol–water partition coefficient (Wildman–Crippen LogP) is 4.39. The van der Waals surface area contributed by atoms with Gasteiger partial charge in [-0.05, 0) is 36.4 Å². The van der Waals surface area contributed by atoms with Crippen molar-refractivity contribution in [2.75, 3.05) is 5.32 Å². The van der Waals surface area contributed by atoms with Gasteiger partial charge in [-0.3, -0.25) is 9.97 Å². The first-order chi connectivity index (χ1) is 10.6. The molecule has 0 amide bonds. The van der Waals surface area contributed by atoms with Gasteiger partial charge in [-0.1, -0.05) is 11.6 Å². The van der Waals surface area contributed by atoms with E-state index in [1.807, 2.05) is 0 Å².